The fourth-order valence-electron chi connectivity index (χ4n) is 2.55. The zero-order valence-corrected chi connectivity index (χ0v) is 11.8. The second-order valence-corrected chi connectivity index (χ2v) is 5.58. The van der Waals surface area contributed by atoms with Crippen molar-refractivity contribution in [1.29, 1.82) is 0 Å². The van der Waals surface area contributed by atoms with Gasteiger partial charge in [-0.1, -0.05) is 13.3 Å². The van der Waals surface area contributed by atoms with Gasteiger partial charge in [-0.3, -0.25) is 4.79 Å². The van der Waals surface area contributed by atoms with Crippen LogP contribution in [0.1, 0.15) is 49.5 Å². The van der Waals surface area contributed by atoms with Crippen LogP contribution < -0.4 is 0 Å². The van der Waals surface area contributed by atoms with Gasteiger partial charge in [0, 0.05) is 23.3 Å². The number of likely N-dealkylation sites (tertiary alicyclic amines) is 1. The summed E-state index contributed by atoms with van der Waals surface area (Å²) in [5, 5.41) is 0. The first-order valence-electron chi connectivity index (χ1n) is 6.37. The molecule has 2 heterocycles. The van der Waals surface area contributed by atoms with E-state index in [1.807, 2.05) is 17.2 Å². The molecule has 1 aliphatic rings. The van der Waals surface area contributed by atoms with Gasteiger partial charge in [0.2, 0.25) is 0 Å². The van der Waals surface area contributed by atoms with Crippen molar-refractivity contribution >= 4 is 21.8 Å². The molecule has 1 N–H and O–H groups in total. The minimum atomic E-state index is 0.147. The molecular formula is C13H19BrN2O. The van der Waals surface area contributed by atoms with E-state index in [9.17, 15) is 4.79 Å². The van der Waals surface area contributed by atoms with Crippen molar-refractivity contribution in [3.8, 4) is 0 Å². The van der Waals surface area contributed by atoms with Crippen LogP contribution in [-0.4, -0.2) is 28.4 Å². The molecule has 0 aromatic carbocycles. The number of aromatic amines is 1. The first-order chi connectivity index (χ1) is 8.22. The van der Waals surface area contributed by atoms with Gasteiger partial charge < -0.3 is 9.88 Å². The minimum absolute atomic E-state index is 0.147. The number of piperidine rings is 1. The molecule has 1 saturated heterocycles. The van der Waals surface area contributed by atoms with Gasteiger partial charge in [0.05, 0.1) is 0 Å². The molecule has 1 amide bonds. The van der Waals surface area contributed by atoms with E-state index in [0.717, 1.165) is 36.7 Å². The number of carbonyl (C=O) groups is 1. The molecule has 2 rings (SSSR count). The number of aromatic nitrogens is 1. The number of amides is 1. The maximum Gasteiger partial charge on any atom is 0.270 e. The average Bonchev–Trinajstić information content (AvgIpc) is 2.76. The Morgan fingerprint density at radius 2 is 2.41 bits per heavy atom. The lowest BCUT2D eigenvalue weighted by Gasteiger charge is -2.35. The van der Waals surface area contributed by atoms with Crippen LogP contribution in [0.25, 0.3) is 0 Å². The summed E-state index contributed by atoms with van der Waals surface area (Å²) in [6, 6.07) is 2.29. The standard InChI is InChI=1S/C13H19BrN2O/c1-2-5-11-6-3-4-7-16(11)13(17)12-8-10(14)9-15-12/h8-9,11,15H,2-7H2,1H3. The lowest BCUT2D eigenvalue weighted by atomic mass is 9.98. The normalized spacial score (nSPS) is 20.6. The van der Waals surface area contributed by atoms with Gasteiger partial charge in [-0.05, 0) is 47.7 Å². The summed E-state index contributed by atoms with van der Waals surface area (Å²) in [5.41, 5.74) is 0.694. The Morgan fingerprint density at radius 1 is 1.59 bits per heavy atom. The average molecular weight is 299 g/mol. The van der Waals surface area contributed by atoms with Gasteiger partial charge in [-0.15, -0.1) is 0 Å². The van der Waals surface area contributed by atoms with Gasteiger partial charge in [0.25, 0.3) is 5.91 Å². The Bertz CT molecular complexity index is 387. The zero-order chi connectivity index (χ0) is 12.3. The summed E-state index contributed by atoms with van der Waals surface area (Å²) in [5.74, 6) is 0.147. The zero-order valence-electron chi connectivity index (χ0n) is 10.2. The molecule has 1 aromatic heterocycles. The lowest BCUT2D eigenvalue weighted by Crippen LogP contribution is -2.43. The van der Waals surface area contributed by atoms with E-state index in [1.54, 1.807) is 0 Å². The fraction of sp³-hybridized carbons (Fsp3) is 0.615. The lowest BCUT2D eigenvalue weighted by molar-refractivity contribution is 0.0595. The molecule has 0 bridgehead atoms. The predicted molar refractivity (Wildman–Crippen MR) is 72.1 cm³/mol. The molecule has 1 fully saturated rings. The van der Waals surface area contributed by atoms with Crippen LogP contribution in [0.3, 0.4) is 0 Å². The highest BCUT2D eigenvalue weighted by Gasteiger charge is 2.27. The van der Waals surface area contributed by atoms with Crippen LogP contribution in [0.4, 0.5) is 0 Å². The molecule has 4 heteroatoms. The molecule has 17 heavy (non-hydrogen) atoms. The van der Waals surface area contributed by atoms with E-state index in [4.69, 9.17) is 0 Å². The van der Waals surface area contributed by atoms with Crippen LogP contribution in [0.5, 0.6) is 0 Å². The van der Waals surface area contributed by atoms with Crippen LogP contribution in [0, 0.1) is 0 Å². The molecule has 94 valence electrons. The number of nitrogens with zero attached hydrogens (tertiary/aromatic N) is 1. The summed E-state index contributed by atoms with van der Waals surface area (Å²) in [6.07, 6.45) is 7.61. The third kappa shape index (κ3) is 2.92. The summed E-state index contributed by atoms with van der Waals surface area (Å²) >= 11 is 3.37. The summed E-state index contributed by atoms with van der Waals surface area (Å²) in [4.78, 5) is 17.4. The Kier molecular flexibility index (Phi) is 4.26. The van der Waals surface area contributed by atoms with E-state index in [0.29, 0.717) is 11.7 Å². The van der Waals surface area contributed by atoms with Crippen LogP contribution in [-0.2, 0) is 0 Å². The van der Waals surface area contributed by atoms with E-state index in [1.165, 1.54) is 6.42 Å². The second-order valence-electron chi connectivity index (χ2n) is 4.67. The molecule has 0 radical (unpaired) electrons. The monoisotopic (exact) mass is 298 g/mol. The highest BCUT2D eigenvalue weighted by molar-refractivity contribution is 9.10. The number of halogens is 1. The minimum Gasteiger partial charge on any atom is -0.356 e. The van der Waals surface area contributed by atoms with Crippen molar-refractivity contribution in [2.75, 3.05) is 6.54 Å². The van der Waals surface area contributed by atoms with Crippen molar-refractivity contribution in [3.05, 3.63) is 22.4 Å². The molecule has 1 aliphatic heterocycles. The maximum absolute atomic E-state index is 12.4. The molecule has 1 aromatic rings. The highest BCUT2D eigenvalue weighted by Crippen LogP contribution is 2.23. The SMILES string of the molecule is CCCC1CCCCN1C(=O)c1cc(Br)c[nH]1. The number of nitrogens with one attached hydrogen (secondary N) is 1. The second kappa shape index (κ2) is 5.71. The van der Waals surface area contributed by atoms with Crippen molar-refractivity contribution in [3.63, 3.8) is 0 Å². The topological polar surface area (TPSA) is 36.1 Å². The fourth-order valence-corrected chi connectivity index (χ4v) is 2.89. The summed E-state index contributed by atoms with van der Waals surface area (Å²) < 4.78 is 0.935. The number of hydrogen-bond acceptors (Lipinski definition) is 1. The first-order valence-corrected chi connectivity index (χ1v) is 7.16. The molecule has 3 nitrogen and oxygen atoms in total. The smallest absolute Gasteiger partial charge is 0.270 e. The Labute approximate surface area is 111 Å². The molecule has 0 saturated carbocycles. The molecule has 0 aliphatic carbocycles. The molecule has 1 atom stereocenters. The number of hydrogen-bond donors (Lipinski definition) is 1. The summed E-state index contributed by atoms with van der Waals surface area (Å²) in [7, 11) is 0. The number of H-pyrrole nitrogens is 1. The van der Waals surface area contributed by atoms with Gasteiger partial charge in [-0.2, -0.15) is 0 Å². The Hall–Kier alpha value is -0.770. The van der Waals surface area contributed by atoms with Gasteiger partial charge in [-0.25, -0.2) is 0 Å². The molecule has 0 spiro atoms. The van der Waals surface area contributed by atoms with Crippen molar-refractivity contribution in [2.45, 2.75) is 45.1 Å². The Morgan fingerprint density at radius 3 is 3.06 bits per heavy atom. The van der Waals surface area contributed by atoms with Crippen LogP contribution in [0.2, 0.25) is 0 Å². The third-order valence-electron chi connectivity index (χ3n) is 3.39. The highest BCUT2D eigenvalue weighted by atomic mass is 79.9. The Balaban J connectivity index is 2.10. The number of rotatable bonds is 3. The third-order valence-corrected chi connectivity index (χ3v) is 3.85. The van der Waals surface area contributed by atoms with Crippen molar-refractivity contribution in [1.82, 2.24) is 9.88 Å². The quantitative estimate of drug-likeness (QED) is 0.910. The van der Waals surface area contributed by atoms with Crippen LogP contribution in [0.15, 0.2) is 16.7 Å². The van der Waals surface area contributed by atoms with E-state index >= 15 is 0 Å². The van der Waals surface area contributed by atoms with Gasteiger partial charge in [0.15, 0.2) is 0 Å². The maximum atomic E-state index is 12.4. The van der Waals surface area contributed by atoms with E-state index < -0.39 is 0 Å². The number of carbonyl (C=O) groups excluding carboxylic acids is 1. The summed E-state index contributed by atoms with van der Waals surface area (Å²) in [6.45, 7) is 3.09. The van der Waals surface area contributed by atoms with E-state index in [-0.39, 0.29) is 5.91 Å². The largest absolute Gasteiger partial charge is 0.356 e. The van der Waals surface area contributed by atoms with Gasteiger partial charge >= 0.3 is 0 Å². The van der Waals surface area contributed by atoms with Crippen LogP contribution >= 0.6 is 15.9 Å². The first kappa shape index (κ1) is 12.7. The van der Waals surface area contributed by atoms with Crippen molar-refractivity contribution in [2.24, 2.45) is 0 Å². The van der Waals surface area contributed by atoms with E-state index in [2.05, 4.69) is 27.8 Å². The molecular weight excluding hydrogens is 280 g/mol. The van der Waals surface area contributed by atoms with Crippen molar-refractivity contribution < 1.29 is 4.79 Å². The molecule has 1 unspecified atom stereocenters. The predicted octanol–water partition coefficient (Wildman–Crippen LogP) is 3.57. The van der Waals surface area contributed by atoms with Gasteiger partial charge in [0.1, 0.15) is 5.69 Å².